The summed E-state index contributed by atoms with van der Waals surface area (Å²) >= 11 is 6.47. The molecule has 0 aliphatic heterocycles. The first kappa shape index (κ1) is 31.5. The Balaban J connectivity index is 1.47. The molecule has 0 aliphatic rings. The number of imidazole rings is 1. The van der Waals surface area contributed by atoms with Gasteiger partial charge >= 0.3 is 6.09 Å². The molecule has 0 unspecified atom stereocenters. The molecule has 1 aromatic heterocycles. The number of carbonyl (C=O) groups is 1. The Morgan fingerprint density at radius 3 is 2.21 bits per heavy atom. The number of aryl methyl sites for hydroxylation is 2. The topological polar surface area (TPSA) is 136 Å². The lowest BCUT2D eigenvalue weighted by Gasteiger charge is -2.20. The Bertz CT molecular complexity index is 1830. The predicted molar refractivity (Wildman–Crippen MR) is 162 cm³/mol. The van der Waals surface area contributed by atoms with E-state index in [0.29, 0.717) is 23.9 Å². The van der Waals surface area contributed by atoms with Crippen molar-refractivity contribution in [2.24, 2.45) is 0 Å². The highest BCUT2D eigenvalue weighted by molar-refractivity contribution is 7.90. The predicted octanol–water partition coefficient (Wildman–Crippen LogP) is 5.28. The van der Waals surface area contributed by atoms with Crippen molar-refractivity contribution in [2.75, 3.05) is 6.61 Å². The molecule has 10 nitrogen and oxygen atoms in total. The number of carbonyl (C=O) groups excluding carboxylic acids is 1. The number of ether oxygens (including phenoxy) is 1. The van der Waals surface area contributed by atoms with E-state index in [1.54, 1.807) is 39.0 Å². The van der Waals surface area contributed by atoms with E-state index >= 15 is 0 Å². The van der Waals surface area contributed by atoms with Crippen molar-refractivity contribution in [3.05, 3.63) is 82.6 Å². The van der Waals surface area contributed by atoms with Crippen molar-refractivity contribution >= 4 is 48.8 Å². The summed E-state index contributed by atoms with van der Waals surface area (Å²) in [4.78, 5) is 16.7. The van der Waals surface area contributed by atoms with Crippen LogP contribution in [0.1, 0.15) is 44.6 Å². The van der Waals surface area contributed by atoms with Crippen LogP contribution in [0.3, 0.4) is 0 Å². The number of aromatic nitrogens is 2. The second-order valence-corrected chi connectivity index (χ2v) is 14.6. The van der Waals surface area contributed by atoms with Crippen molar-refractivity contribution < 1.29 is 26.4 Å². The zero-order chi connectivity index (χ0) is 30.9. The van der Waals surface area contributed by atoms with Gasteiger partial charge in [0.15, 0.2) is 0 Å². The van der Waals surface area contributed by atoms with Crippen molar-refractivity contribution in [2.45, 2.75) is 62.8 Å². The van der Waals surface area contributed by atoms with Crippen LogP contribution in [0.2, 0.25) is 5.02 Å². The van der Waals surface area contributed by atoms with E-state index in [-0.39, 0.29) is 21.4 Å². The standard InChI is InChI=1S/C29H33ClN4O6S2/c1-6-27-31-24-18-26(42(38,39)33-29(3,4)5)23(30)17-25(24)34(27)21-11-9-20(10-12-21)15-16-40-28(35)32-41(36,37)22-13-7-19(2)8-14-22/h7-14,17-18,33H,6,15-16H2,1-5H3,(H,32,35). The van der Waals surface area contributed by atoms with Gasteiger partial charge in [0.2, 0.25) is 10.0 Å². The lowest BCUT2D eigenvalue weighted by atomic mass is 10.1. The number of sulfonamides is 2. The summed E-state index contributed by atoms with van der Waals surface area (Å²) in [5, 5.41) is 0.0829. The fourth-order valence-electron chi connectivity index (χ4n) is 4.31. The summed E-state index contributed by atoms with van der Waals surface area (Å²) in [5.74, 6) is 0.724. The Morgan fingerprint density at radius 2 is 1.62 bits per heavy atom. The van der Waals surface area contributed by atoms with E-state index in [9.17, 15) is 21.6 Å². The number of amides is 1. The minimum Gasteiger partial charge on any atom is -0.448 e. The van der Waals surface area contributed by atoms with E-state index in [1.165, 1.54) is 18.2 Å². The van der Waals surface area contributed by atoms with E-state index < -0.39 is 31.7 Å². The Hall–Kier alpha value is -3.45. The average Bonchev–Trinajstić information content (AvgIpc) is 3.24. The second kappa shape index (κ2) is 12.0. The van der Waals surface area contributed by atoms with E-state index in [1.807, 2.05) is 47.4 Å². The normalized spacial score (nSPS) is 12.4. The summed E-state index contributed by atoms with van der Waals surface area (Å²) in [5.41, 5.74) is 3.02. The van der Waals surface area contributed by atoms with Crippen LogP contribution in [0, 0.1) is 6.92 Å². The van der Waals surface area contributed by atoms with Crippen LogP contribution >= 0.6 is 11.6 Å². The van der Waals surface area contributed by atoms with Gasteiger partial charge in [-0.15, -0.1) is 0 Å². The first-order chi connectivity index (χ1) is 19.6. The van der Waals surface area contributed by atoms with Crippen LogP contribution in [-0.2, 0) is 37.6 Å². The number of rotatable bonds is 9. The molecule has 42 heavy (non-hydrogen) atoms. The number of hydrogen-bond acceptors (Lipinski definition) is 7. The zero-order valence-corrected chi connectivity index (χ0v) is 26.3. The van der Waals surface area contributed by atoms with Crippen LogP contribution in [0.25, 0.3) is 16.7 Å². The molecule has 0 radical (unpaired) electrons. The van der Waals surface area contributed by atoms with Gasteiger partial charge < -0.3 is 4.74 Å². The molecule has 0 atom stereocenters. The van der Waals surface area contributed by atoms with Gasteiger partial charge in [0, 0.05) is 24.1 Å². The molecule has 0 aliphatic carbocycles. The molecule has 13 heteroatoms. The molecule has 2 N–H and O–H groups in total. The molecule has 4 rings (SSSR count). The second-order valence-electron chi connectivity index (χ2n) is 10.8. The number of fused-ring (bicyclic) bond motifs is 1. The maximum absolute atomic E-state index is 13.0. The number of nitrogens with one attached hydrogen (secondary N) is 2. The third-order valence-corrected chi connectivity index (χ3v) is 9.74. The molecular weight excluding hydrogens is 600 g/mol. The number of hydrogen-bond donors (Lipinski definition) is 2. The molecule has 0 saturated carbocycles. The molecule has 1 amide bonds. The van der Waals surface area contributed by atoms with E-state index in [0.717, 1.165) is 22.6 Å². The average molecular weight is 633 g/mol. The van der Waals surface area contributed by atoms with Crippen molar-refractivity contribution in [3.63, 3.8) is 0 Å². The maximum Gasteiger partial charge on any atom is 0.421 e. The lowest BCUT2D eigenvalue weighted by molar-refractivity contribution is 0.154. The largest absolute Gasteiger partial charge is 0.448 e. The highest BCUT2D eigenvalue weighted by atomic mass is 35.5. The van der Waals surface area contributed by atoms with Crippen molar-refractivity contribution in [1.29, 1.82) is 0 Å². The summed E-state index contributed by atoms with van der Waals surface area (Å²) in [6.45, 7) is 9.01. The van der Waals surface area contributed by atoms with Crippen LogP contribution in [0.4, 0.5) is 4.79 Å². The minimum absolute atomic E-state index is 0.0279. The van der Waals surface area contributed by atoms with Gasteiger partial charge in [-0.1, -0.05) is 48.4 Å². The molecular formula is C29H33ClN4O6S2. The molecule has 4 aromatic rings. The van der Waals surface area contributed by atoms with Crippen LogP contribution in [-0.4, -0.2) is 44.6 Å². The van der Waals surface area contributed by atoms with Crippen molar-refractivity contribution in [1.82, 2.24) is 19.0 Å². The van der Waals surface area contributed by atoms with Gasteiger partial charge in [0.05, 0.1) is 27.6 Å². The molecule has 0 fully saturated rings. The Morgan fingerprint density at radius 1 is 0.976 bits per heavy atom. The van der Waals surface area contributed by atoms with Crippen LogP contribution in [0.15, 0.2) is 70.5 Å². The van der Waals surface area contributed by atoms with Gasteiger partial charge in [-0.2, -0.15) is 0 Å². The highest BCUT2D eigenvalue weighted by Crippen LogP contribution is 2.31. The fourth-order valence-corrected chi connectivity index (χ4v) is 7.16. The number of nitrogens with zero attached hydrogens (tertiary/aromatic N) is 2. The van der Waals surface area contributed by atoms with Gasteiger partial charge in [-0.3, -0.25) is 4.57 Å². The minimum atomic E-state index is -4.03. The molecule has 224 valence electrons. The monoisotopic (exact) mass is 632 g/mol. The van der Waals surface area contributed by atoms with E-state index in [2.05, 4.69) is 9.71 Å². The summed E-state index contributed by atoms with van der Waals surface area (Å²) < 4.78 is 62.2. The quantitative estimate of drug-likeness (QED) is 0.256. The Kier molecular flexibility index (Phi) is 9.02. The third-order valence-electron chi connectivity index (χ3n) is 6.19. The van der Waals surface area contributed by atoms with Crippen molar-refractivity contribution in [3.8, 4) is 5.69 Å². The van der Waals surface area contributed by atoms with Gasteiger partial charge in [0.25, 0.3) is 10.0 Å². The van der Waals surface area contributed by atoms with Crippen LogP contribution < -0.4 is 9.44 Å². The summed E-state index contributed by atoms with van der Waals surface area (Å²) in [7, 11) is -7.90. The fraction of sp³-hybridized carbons (Fsp3) is 0.310. The number of halogens is 1. The molecule has 0 saturated heterocycles. The number of benzene rings is 3. The zero-order valence-electron chi connectivity index (χ0n) is 23.9. The first-order valence-electron chi connectivity index (χ1n) is 13.2. The highest BCUT2D eigenvalue weighted by Gasteiger charge is 2.26. The smallest absolute Gasteiger partial charge is 0.421 e. The molecule has 0 bridgehead atoms. The lowest BCUT2D eigenvalue weighted by Crippen LogP contribution is -2.40. The summed E-state index contributed by atoms with van der Waals surface area (Å²) in [6, 6.07) is 16.7. The van der Waals surface area contributed by atoms with Gasteiger partial charge in [-0.05, 0) is 69.7 Å². The SMILES string of the molecule is CCc1nc2cc(S(=O)(=O)NC(C)(C)C)c(Cl)cc2n1-c1ccc(CCOC(=O)NS(=O)(=O)c2ccc(C)cc2)cc1. The van der Waals surface area contributed by atoms with Gasteiger partial charge in [-0.25, -0.2) is 36.1 Å². The summed E-state index contributed by atoms with van der Waals surface area (Å²) in [6.07, 6.45) is -0.108. The Labute approximate surface area is 251 Å². The molecule has 1 heterocycles. The molecule has 3 aromatic carbocycles. The van der Waals surface area contributed by atoms with Crippen LogP contribution in [0.5, 0.6) is 0 Å². The first-order valence-corrected chi connectivity index (χ1v) is 16.5. The molecule has 0 spiro atoms. The van der Waals surface area contributed by atoms with Gasteiger partial charge in [0.1, 0.15) is 10.7 Å². The third kappa shape index (κ3) is 7.30. The maximum atomic E-state index is 13.0. The van der Waals surface area contributed by atoms with E-state index in [4.69, 9.17) is 16.3 Å².